The highest BCUT2D eigenvalue weighted by molar-refractivity contribution is 5.44. The second-order valence-electron chi connectivity index (χ2n) is 2.95. The Morgan fingerprint density at radius 2 is 2.19 bits per heavy atom. The van der Waals surface area contributed by atoms with Crippen LogP contribution in [0.2, 0.25) is 0 Å². The molecule has 1 heterocycles. The third kappa shape index (κ3) is 4.11. The van der Waals surface area contributed by atoms with Gasteiger partial charge < -0.3 is 5.32 Å². The summed E-state index contributed by atoms with van der Waals surface area (Å²) in [5, 5.41) is 12.7. The SMILES string of the molecule is O=[N+]([O-])c1ccnc(NCCC(F)(F)F)c1. The molecule has 88 valence electrons. The van der Waals surface area contributed by atoms with Gasteiger partial charge in [-0.2, -0.15) is 13.2 Å². The summed E-state index contributed by atoms with van der Waals surface area (Å²) >= 11 is 0. The highest BCUT2D eigenvalue weighted by atomic mass is 19.4. The summed E-state index contributed by atoms with van der Waals surface area (Å²) in [6.07, 6.45) is -4.11. The topological polar surface area (TPSA) is 68.1 Å². The van der Waals surface area contributed by atoms with Crippen molar-refractivity contribution in [1.29, 1.82) is 0 Å². The molecule has 0 saturated carbocycles. The molecule has 16 heavy (non-hydrogen) atoms. The normalized spacial score (nSPS) is 11.2. The highest BCUT2D eigenvalue weighted by Crippen LogP contribution is 2.20. The Bertz CT molecular complexity index is 381. The first-order chi connectivity index (χ1) is 7.38. The number of anilines is 1. The summed E-state index contributed by atoms with van der Waals surface area (Å²) in [6, 6.07) is 2.24. The Morgan fingerprint density at radius 1 is 1.50 bits per heavy atom. The molecule has 0 aromatic carbocycles. The number of hydrogen-bond donors (Lipinski definition) is 1. The molecule has 1 aromatic heterocycles. The maximum atomic E-state index is 11.8. The van der Waals surface area contributed by atoms with Gasteiger partial charge in [0, 0.05) is 18.8 Å². The molecule has 0 aliphatic carbocycles. The van der Waals surface area contributed by atoms with Gasteiger partial charge in [0.1, 0.15) is 5.82 Å². The first-order valence-corrected chi connectivity index (χ1v) is 4.29. The van der Waals surface area contributed by atoms with E-state index in [-0.39, 0.29) is 18.1 Å². The molecule has 1 rings (SSSR count). The van der Waals surface area contributed by atoms with Crippen molar-refractivity contribution in [3.8, 4) is 0 Å². The van der Waals surface area contributed by atoms with E-state index in [4.69, 9.17) is 0 Å². The Labute approximate surface area is 88.4 Å². The average Bonchev–Trinajstić information content (AvgIpc) is 2.16. The van der Waals surface area contributed by atoms with E-state index in [0.717, 1.165) is 18.3 Å². The molecule has 5 nitrogen and oxygen atoms in total. The van der Waals surface area contributed by atoms with Crippen LogP contribution in [0.1, 0.15) is 6.42 Å². The molecule has 1 aromatic rings. The van der Waals surface area contributed by atoms with Crippen LogP contribution < -0.4 is 5.32 Å². The van der Waals surface area contributed by atoms with Crippen LogP contribution in [0.15, 0.2) is 18.3 Å². The summed E-state index contributed by atoms with van der Waals surface area (Å²) in [6.45, 7) is -0.363. The fourth-order valence-corrected chi connectivity index (χ4v) is 0.962. The molecule has 0 unspecified atom stereocenters. The minimum absolute atomic E-state index is 0.0541. The van der Waals surface area contributed by atoms with Gasteiger partial charge in [0.25, 0.3) is 5.69 Å². The molecule has 0 saturated heterocycles. The Kier molecular flexibility index (Phi) is 3.64. The summed E-state index contributed by atoms with van der Waals surface area (Å²) in [4.78, 5) is 13.4. The number of nitrogens with zero attached hydrogens (tertiary/aromatic N) is 2. The van der Waals surface area contributed by atoms with E-state index in [0.29, 0.717) is 0 Å². The number of nitro groups is 1. The second-order valence-corrected chi connectivity index (χ2v) is 2.95. The van der Waals surface area contributed by atoms with Crippen molar-refractivity contribution >= 4 is 11.5 Å². The molecule has 0 aliphatic rings. The van der Waals surface area contributed by atoms with Crippen molar-refractivity contribution in [3.63, 3.8) is 0 Å². The van der Waals surface area contributed by atoms with Crippen molar-refractivity contribution in [2.45, 2.75) is 12.6 Å². The minimum atomic E-state index is -4.26. The fourth-order valence-electron chi connectivity index (χ4n) is 0.962. The van der Waals surface area contributed by atoms with E-state index in [1.165, 1.54) is 0 Å². The zero-order valence-electron chi connectivity index (χ0n) is 7.99. The lowest BCUT2D eigenvalue weighted by molar-refractivity contribution is -0.384. The predicted molar refractivity (Wildman–Crippen MR) is 50.1 cm³/mol. The van der Waals surface area contributed by atoms with Crippen molar-refractivity contribution in [2.24, 2.45) is 0 Å². The van der Waals surface area contributed by atoms with Crippen molar-refractivity contribution in [2.75, 3.05) is 11.9 Å². The van der Waals surface area contributed by atoms with Crippen molar-refractivity contribution in [3.05, 3.63) is 28.4 Å². The number of rotatable bonds is 4. The maximum Gasteiger partial charge on any atom is 0.390 e. The minimum Gasteiger partial charge on any atom is -0.370 e. The fraction of sp³-hybridized carbons (Fsp3) is 0.375. The smallest absolute Gasteiger partial charge is 0.370 e. The van der Waals surface area contributed by atoms with Crippen LogP contribution in [0.4, 0.5) is 24.7 Å². The van der Waals surface area contributed by atoms with E-state index < -0.39 is 17.5 Å². The zero-order valence-corrected chi connectivity index (χ0v) is 7.99. The monoisotopic (exact) mass is 235 g/mol. The Morgan fingerprint density at radius 3 is 2.75 bits per heavy atom. The lowest BCUT2D eigenvalue weighted by Crippen LogP contribution is -2.15. The largest absolute Gasteiger partial charge is 0.390 e. The van der Waals surface area contributed by atoms with E-state index in [1.54, 1.807) is 0 Å². The standard InChI is InChI=1S/C8H8F3N3O2/c9-8(10,11)2-4-13-7-5-6(14(15)16)1-3-12-7/h1,3,5H,2,4H2,(H,12,13). The van der Waals surface area contributed by atoms with Gasteiger partial charge in [-0.1, -0.05) is 0 Å². The van der Waals surface area contributed by atoms with Gasteiger partial charge in [-0.15, -0.1) is 0 Å². The third-order valence-corrected chi connectivity index (χ3v) is 1.67. The van der Waals surface area contributed by atoms with Crippen LogP contribution in [-0.2, 0) is 0 Å². The summed E-state index contributed by atoms with van der Waals surface area (Å²) in [5.41, 5.74) is -0.218. The number of halogens is 3. The molecule has 0 aliphatic heterocycles. The molecule has 8 heteroatoms. The number of pyridine rings is 1. The van der Waals surface area contributed by atoms with E-state index in [1.807, 2.05) is 0 Å². The molecule has 0 amide bonds. The third-order valence-electron chi connectivity index (χ3n) is 1.67. The number of aromatic nitrogens is 1. The van der Waals surface area contributed by atoms with Crippen LogP contribution in [0.25, 0.3) is 0 Å². The van der Waals surface area contributed by atoms with E-state index in [9.17, 15) is 23.3 Å². The molecule has 0 atom stereocenters. The Hall–Kier alpha value is -1.86. The second kappa shape index (κ2) is 4.77. The predicted octanol–water partition coefficient (Wildman–Crippen LogP) is 2.35. The molecule has 0 fully saturated rings. The van der Waals surface area contributed by atoms with Gasteiger partial charge in [0.2, 0.25) is 0 Å². The van der Waals surface area contributed by atoms with Crippen molar-refractivity contribution in [1.82, 2.24) is 4.98 Å². The molecule has 0 spiro atoms. The number of alkyl halides is 3. The van der Waals surface area contributed by atoms with Gasteiger partial charge in [0.15, 0.2) is 0 Å². The van der Waals surface area contributed by atoms with Crippen LogP contribution in [-0.4, -0.2) is 22.6 Å². The molecule has 0 bridgehead atoms. The molecule has 1 N–H and O–H groups in total. The lowest BCUT2D eigenvalue weighted by Gasteiger charge is -2.07. The summed E-state index contributed by atoms with van der Waals surface area (Å²) in [7, 11) is 0. The highest BCUT2D eigenvalue weighted by Gasteiger charge is 2.26. The first kappa shape index (κ1) is 12.2. The zero-order chi connectivity index (χ0) is 12.2. The quantitative estimate of drug-likeness (QED) is 0.642. The van der Waals surface area contributed by atoms with Crippen molar-refractivity contribution < 1.29 is 18.1 Å². The number of hydrogen-bond acceptors (Lipinski definition) is 4. The summed E-state index contributed by atoms with van der Waals surface area (Å²) in [5.74, 6) is 0.0541. The van der Waals surface area contributed by atoms with Gasteiger partial charge in [0.05, 0.1) is 17.4 Å². The first-order valence-electron chi connectivity index (χ1n) is 4.29. The average molecular weight is 235 g/mol. The van der Waals surface area contributed by atoms with Gasteiger partial charge in [-0.05, 0) is 0 Å². The maximum absolute atomic E-state index is 11.8. The number of nitrogens with one attached hydrogen (secondary N) is 1. The molecular formula is C8H8F3N3O2. The molecular weight excluding hydrogens is 227 g/mol. The lowest BCUT2D eigenvalue weighted by atomic mass is 10.3. The van der Waals surface area contributed by atoms with Gasteiger partial charge in [-0.3, -0.25) is 10.1 Å². The summed E-state index contributed by atoms with van der Waals surface area (Å²) < 4.78 is 35.4. The van der Waals surface area contributed by atoms with E-state index >= 15 is 0 Å². The van der Waals surface area contributed by atoms with E-state index in [2.05, 4.69) is 10.3 Å². The van der Waals surface area contributed by atoms with Crippen LogP contribution >= 0.6 is 0 Å². The van der Waals surface area contributed by atoms with Crippen LogP contribution in [0.3, 0.4) is 0 Å². The van der Waals surface area contributed by atoms with Crippen LogP contribution in [0, 0.1) is 10.1 Å². The Balaban J connectivity index is 2.55. The molecule has 0 radical (unpaired) electrons. The van der Waals surface area contributed by atoms with Crippen LogP contribution in [0.5, 0.6) is 0 Å². The van der Waals surface area contributed by atoms with Gasteiger partial charge in [-0.25, -0.2) is 4.98 Å². The van der Waals surface area contributed by atoms with Gasteiger partial charge >= 0.3 is 6.18 Å².